The minimum atomic E-state index is -3.45. The van der Waals surface area contributed by atoms with Crippen molar-refractivity contribution in [3.63, 3.8) is 0 Å². The zero-order valence-electron chi connectivity index (χ0n) is 22.4. The van der Waals surface area contributed by atoms with Crippen LogP contribution in [0.2, 0.25) is 0 Å². The second-order valence-corrected chi connectivity index (χ2v) is 11.8. The minimum Gasteiger partial charge on any atom is -0.369 e. The lowest BCUT2D eigenvalue weighted by Gasteiger charge is -2.24. The summed E-state index contributed by atoms with van der Waals surface area (Å²) in [6.45, 7) is 7.67. The monoisotopic (exact) mass is 519 g/mol. The molecule has 0 aliphatic heterocycles. The quantitative estimate of drug-likeness (QED) is 0.349. The third-order valence-electron chi connectivity index (χ3n) is 7.22. The van der Waals surface area contributed by atoms with Gasteiger partial charge in [0.1, 0.15) is 6.61 Å². The van der Waals surface area contributed by atoms with E-state index in [0.717, 1.165) is 31.6 Å². The minimum absolute atomic E-state index is 0.114. The van der Waals surface area contributed by atoms with Gasteiger partial charge in [-0.05, 0) is 50.4 Å². The number of ether oxygens (including phenoxy) is 1. The molecule has 8 nitrogen and oxygen atoms in total. The predicted molar refractivity (Wildman–Crippen MR) is 144 cm³/mol. The van der Waals surface area contributed by atoms with E-state index in [1.165, 1.54) is 32.1 Å². The smallest absolute Gasteiger partial charge is 0.212 e. The molecule has 9 heteroatoms. The van der Waals surface area contributed by atoms with E-state index >= 15 is 0 Å². The Balaban J connectivity index is 1.64. The van der Waals surface area contributed by atoms with Gasteiger partial charge >= 0.3 is 0 Å². The van der Waals surface area contributed by atoms with Crippen LogP contribution in [0, 0.1) is 5.92 Å². The third kappa shape index (κ3) is 9.57. The van der Waals surface area contributed by atoms with Crippen molar-refractivity contribution in [1.29, 1.82) is 0 Å². The summed E-state index contributed by atoms with van der Waals surface area (Å²) < 4.78 is 36.6. The number of nitrogens with zero attached hydrogens (tertiary/aromatic N) is 4. The van der Waals surface area contributed by atoms with Gasteiger partial charge in [-0.15, -0.1) is 0 Å². The Morgan fingerprint density at radius 1 is 1.11 bits per heavy atom. The molecule has 1 fully saturated rings. The molecule has 0 unspecified atom stereocenters. The van der Waals surface area contributed by atoms with Gasteiger partial charge in [-0.3, -0.25) is 4.68 Å². The summed E-state index contributed by atoms with van der Waals surface area (Å²) in [6, 6.07) is 9.60. The second kappa shape index (κ2) is 14.8. The predicted octanol–water partition coefficient (Wildman–Crippen LogP) is 4.58. The van der Waals surface area contributed by atoms with Crippen LogP contribution >= 0.6 is 0 Å². The lowest BCUT2D eigenvalue weighted by atomic mass is 9.85. The van der Waals surface area contributed by atoms with Crippen LogP contribution in [-0.4, -0.2) is 53.5 Å². The molecule has 1 heterocycles. The fourth-order valence-corrected chi connectivity index (χ4v) is 6.24. The molecule has 1 aliphatic carbocycles. The van der Waals surface area contributed by atoms with Gasteiger partial charge in [-0.25, -0.2) is 18.1 Å². The SMILES string of the molecule is CCN(CC)CCCS(=O)(=O)N[C@H](CCC1CCCCC1)c1nc(COCc2ccccc2)n(C)n1. The molecule has 2 aromatic rings. The second-order valence-electron chi connectivity index (χ2n) is 9.94. The molecule has 0 amide bonds. The highest BCUT2D eigenvalue weighted by Gasteiger charge is 2.26. The van der Waals surface area contributed by atoms with Crippen molar-refractivity contribution >= 4 is 10.0 Å². The Hall–Kier alpha value is -1.81. The largest absolute Gasteiger partial charge is 0.369 e. The summed E-state index contributed by atoms with van der Waals surface area (Å²) in [6.07, 6.45) is 8.65. The zero-order valence-corrected chi connectivity index (χ0v) is 23.2. The fourth-order valence-electron chi connectivity index (χ4n) is 4.96. The first-order valence-corrected chi connectivity index (χ1v) is 15.3. The van der Waals surface area contributed by atoms with Crippen LogP contribution in [0.5, 0.6) is 0 Å². The summed E-state index contributed by atoms with van der Waals surface area (Å²) in [4.78, 5) is 6.96. The van der Waals surface area contributed by atoms with Gasteiger partial charge in [-0.1, -0.05) is 76.3 Å². The van der Waals surface area contributed by atoms with E-state index in [1.807, 2.05) is 37.4 Å². The molecular weight excluding hydrogens is 474 g/mol. The number of hydrogen-bond acceptors (Lipinski definition) is 6. The van der Waals surface area contributed by atoms with Gasteiger partial charge in [-0.2, -0.15) is 5.10 Å². The van der Waals surface area contributed by atoms with Crippen molar-refractivity contribution in [2.24, 2.45) is 13.0 Å². The zero-order chi connectivity index (χ0) is 25.8. The van der Waals surface area contributed by atoms with Gasteiger partial charge in [0.05, 0.1) is 18.4 Å². The summed E-state index contributed by atoms with van der Waals surface area (Å²) in [5.41, 5.74) is 1.10. The molecule has 3 rings (SSSR count). The highest BCUT2D eigenvalue weighted by molar-refractivity contribution is 7.89. The summed E-state index contributed by atoms with van der Waals surface area (Å²) in [5, 5.41) is 4.61. The summed E-state index contributed by atoms with van der Waals surface area (Å²) in [7, 11) is -1.61. The van der Waals surface area contributed by atoms with Gasteiger partial charge in [0, 0.05) is 7.05 Å². The van der Waals surface area contributed by atoms with Gasteiger partial charge in [0.15, 0.2) is 11.6 Å². The standard InChI is InChI=1S/C27H45N5O3S/c1-4-32(5-2)19-12-20-36(33,34)30-25(18-17-23-13-8-6-9-14-23)27-28-26(31(3)29-27)22-35-21-24-15-10-7-11-16-24/h7,10-11,15-16,23,25,30H,4-6,8-9,12-14,17-22H2,1-3H3/t25-/m1/s1. The molecule has 1 atom stereocenters. The van der Waals surface area contributed by atoms with Crippen molar-refractivity contribution < 1.29 is 13.2 Å². The van der Waals surface area contributed by atoms with Gasteiger partial charge in [0.2, 0.25) is 10.0 Å². The van der Waals surface area contributed by atoms with E-state index < -0.39 is 16.1 Å². The van der Waals surface area contributed by atoms with E-state index in [4.69, 9.17) is 9.72 Å². The molecule has 1 aliphatic rings. The Kier molecular flexibility index (Phi) is 11.8. The molecule has 0 saturated heterocycles. The maximum Gasteiger partial charge on any atom is 0.212 e. The number of aryl methyl sites for hydroxylation is 1. The topological polar surface area (TPSA) is 89.4 Å². The average molecular weight is 520 g/mol. The normalized spacial score (nSPS) is 16.0. The highest BCUT2D eigenvalue weighted by atomic mass is 32.2. The van der Waals surface area contributed by atoms with E-state index in [0.29, 0.717) is 43.6 Å². The van der Waals surface area contributed by atoms with Crippen LogP contribution in [0.1, 0.15) is 88.5 Å². The third-order valence-corrected chi connectivity index (χ3v) is 8.69. The van der Waals surface area contributed by atoms with Crippen LogP contribution in [0.3, 0.4) is 0 Å². The van der Waals surface area contributed by atoms with E-state index in [9.17, 15) is 8.42 Å². The molecule has 36 heavy (non-hydrogen) atoms. The first-order chi connectivity index (χ1) is 17.4. The number of aromatic nitrogens is 3. The average Bonchev–Trinajstić information content (AvgIpc) is 3.26. The Morgan fingerprint density at radius 3 is 2.53 bits per heavy atom. The summed E-state index contributed by atoms with van der Waals surface area (Å²) >= 11 is 0. The summed E-state index contributed by atoms with van der Waals surface area (Å²) in [5.74, 6) is 2.01. The number of hydrogen-bond donors (Lipinski definition) is 1. The molecule has 0 spiro atoms. The van der Waals surface area contributed by atoms with Crippen molar-refractivity contribution in [2.75, 3.05) is 25.4 Å². The number of sulfonamides is 1. The molecule has 0 bridgehead atoms. The van der Waals surface area contributed by atoms with Crippen LogP contribution in [0.15, 0.2) is 30.3 Å². The van der Waals surface area contributed by atoms with Gasteiger partial charge < -0.3 is 9.64 Å². The molecule has 202 valence electrons. The number of benzene rings is 1. The highest BCUT2D eigenvalue weighted by Crippen LogP contribution is 2.30. The van der Waals surface area contributed by atoms with E-state index in [2.05, 4.69) is 28.6 Å². The van der Waals surface area contributed by atoms with Crippen LogP contribution in [-0.2, 0) is 35.0 Å². The lowest BCUT2D eigenvalue weighted by molar-refractivity contribution is 0.0993. The molecule has 1 aromatic heterocycles. The Labute approximate surface area is 217 Å². The maximum absolute atomic E-state index is 13.0. The van der Waals surface area contributed by atoms with Crippen molar-refractivity contribution in [3.05, 3.63) is 47.5 Å². The fraction of sp³-hybridized carbons (Fsp3) is 0.704. The first-order valence-electron chi connectivity index (χ1n) is 13.6. The van der Waals surface area contributed by atoms with Crippen molar-refractivity contribution in [2.45, 2.75) is 84.5 Å². The molecular formula is C27H45N5O3S. The van der Waals surface area contributed by atoms with Crippen molar-refractivity contribution in [3.8, 4) is 0 Å². The first kappa shape index (κ1) is 28.8. The van der Waals surface area contributed by atoms with Gasteiger partial charge in [0.25, 0.3) is 0 Å². The molecule has 1 saturated carbocycles. The molecule has 1 aromatic carbocycles. The van der Waals surface area contributed by atoms with Crippen LogP contribution in [0.25, 0.3) is 0 Å². The molecule has 0 radical (unpaired) electrons. The van der Waals surface area contributed by atoms with Crippen LogP contribution < -0.4 is 4.72 Å². The van der Waals surface area contributed by atoms with E-state index in [-0.39, 0.29) is 5.75 Å². The number of nitrogens with one attached hydrogen (secondary N) is 1. The maximum atomic E-state index is 13.0. The van der Waals surface area contributed by atoms with Crippen molar-refractivity contribution in [1.82, 2.24) is 24.4 Å². The Bertz CT molecular complexity index is 986. The Morgan fingerprint density at radius 2 is 1.83 bits per heavy atom. The lowest BCUT2D eigenvalue weighted by Crippen LogP contribution is -2.33. The molecule has 1 N–H and O–H groups in total. The van der Waals surface area contributed by atoms with E-state index in [1.54, 1.807) is 4.68 Å². The van der Waals surface area contributed by atoms with Crippen LogP contribution in [0.4, 0.5) is 0 Å². The number of rotatable bonds is 16.